The third-order valence-electron chi connectivity index (χ3n) is 7.32. The summed E-state index contributed by atoms with van der Waals surface area (Å²) in [4.78, 5) is 18.5. The molecule has 3 heterocycles. The Morgan fingerprint density at radius 2 is 1.97 bits per heavy atom. The number of aromatic amines is 1. The molecule has 10 heteroatoms. The standard InChI is InChI=1S/C26H38N6O4/c1-7-21(24-28-29-30-32(24)26(3,4)8-2)31(16-19-10-9-11-36-19)15-18-12-17-13-22(34-5)23(35-6)14-20(17)27-25(18)33/h12-14,19,21H,7-11,15-16H2,1-6H3,(H,27,33)/t19-,21-/m1/s1. The van der Waals surface area contributed by atoms with Crippen molar-refractivity contribution in [2.75, 3.05) is 27.4 Å². The van der Waals surface area contributed by atoms with Crippen LogP contribution in [0.1, 0.15) is 70.8 Å². The number of hydrogen-bond acceptors (Lipinski definition) is 8. The van der Waals surface area contributed by atoms with Crippen LogP contribution in [-0.2, 0) is 16.8 Å². The fraction of sp³-hybridized carbons (Fsp3) is 0.615. The van der Waals surface area contributed by atoms with E-state index in [0.29, 0.717) is 35.7 Å². The number of pyridine rings is 1. The van der Waals surface area contributed by atoms with Crippen LogP contribution < -0.4 is 15.0 Å². The van der Waals surface area contributed by atoms with E-state index >= 15 is 0 Å². The Morgan fingerprint density at radius 3 is 2.61 bits per heavy atom. The summed E-state index contributed by atoms with van der Waals surface area (Å²) < 4.78 is 18.8. The average Bonchev–Trinajstić information content (AvgIpc) is 3.57. The van der Waals surface area contributed by atoms with Gasteiger partial charge in [0, 0.05) is 36.7 Å². The molecule has 0 spiro atoms. The minimum atomic E-state index is -0.224. The van der Waals surface area contributed by atoms with Crippen LogP contribution in [0.25, 0.3) is 10.9 Å². The number of H-pyrrole nitrogens is 1. The Hall–Kier alpha value is -2.98. The number of tetrazole rings is 1. The van der Waals surface area contributed by atoms with Crippen molar-refractivity contribution in [1.82, 2.24) is 30.1 Å². The minimum Gasteiger partial charge on any atom is -0.493 e. The highest BCUT2D eigenvalue weighted by Crippen LogP contribution is 2.33. The molecular formula is C26H38N6O4. The largest absolute Gasteiger partial charge is 0.493 e. The number of ether oxygens (including phenoxy) is 3. The van der Waals surface area contributed by atoms with E-state index in [1.54, 1.807) is 20.3 Å². The lowest BCUT2D eigenvalue weighted by Crippen LogP contribution is -2.39. The number of hydrogen-bond donors (Lipinski definition) is 1. The Bertz CT molecular complexity index is 1230. The average molecular weight is 499 g/mol. The third kappa shape index (κ3) is 5.24. The van der Waals surface area contributed by atoms with Gasteiger partial charge in [0.25, 0.3) is 5.56 Å². The van der Waals surface area contributed by atoms with Gasteiger partial charge in [-0.2, -0.15) is 0 Å². The summed E-state index contributed by atoms with van der Waals surface area (Å²) in [5, 5.41) is 13.7. The van der Waals surface area contributed by atoms with E-state index in [1.807, 2.05) is 16.8 Å². The molecule has 1 aliphatic rings. The van der Waals surface area contributed by atoms with Crippen LogP contribution in [-0.4, -0.2) is 63.6 Å². The molecular weight excluding hydrogens is 460 g/mol. The van der Waals surface area contributed by atoms with Gasteiger partial charge in [-0.15, -0.1) is 5.10 Å². The zero-order chi connectivity index (χ0) is 25.9. The first kappa shape index (κ1) is 26.1. The zero-order valence-corrected chi connectivity index (χ0v) is 22.2. The molecule has 1 fully saturated rings. The van der Waals surface area contributed by atoms with Gasteiger partial charge in [-0.3, -0.25) is 9.69 Å². The lowest BCUT2D eigenvalue weighted by molar-refractivity contribution is 0.0475. The van der Waals surface area contributed by atoms with E-state index < -0.39 is 0 Å². The Morgan fingerprint density at radius 1 is 1.22 bits per heavy atom. The predicted molar refractivity (Wildman–Crippen MR) is 138 cm³/mol. The van der Waals surface area contributed by atoms with Crippen molar-refractivity contribution in [3.05, 3.63) is 39.9 Å². The molecule has 10 nitrogen and oxygen atoms in total. The Kier molecular flexibility index (Phi) is 7.94. The highest BCUT2D eigenvalue weighted by atomic mass is 16.5. The molecule has 0 amide bonds. The van der Waals surface area contributed by atoms with Crippen LogP contribution in [0.5, 0.6) is 11.5 Å². The first-order valence-corrected chi connectivity index (χ1v) is 12.7. The summed E-state index contributed by atoms with van der Waals surface area (Å²) in [6.07, 6.45) is 3.86. The van der Waals surface area contributed by atoms with Gasteiger partial charge in [0.2, 0.25) is 0 Å². The molecule has 1 aromatic carbocycles. The molecule has 4 rings (SSSR count). The number of aromatic nitrogens is 5. The van der Waals surface area contributed by atoms with Crippen molar-refractivity contribution < 1.29 is 14.2 Å². The number of fused-ring (bicyclic) bond motifs is 1. The minimum absolute atomic E-state index is 0.0736. The van der Waals surface area contributed by atoms with Gasteiger partial charge in [0.05, 0.1) is 37.4 Å². The van der Waals surface area contributed by atoms with Crippen LogP contribution in [0.3, 0.4) is 0 Å². The van der Waals surface area contributed by atoms with E-state index in [2.05, 4.69) is 53.1 Å². The highest BCUT2D eigenvalue weighted by Gasteiger charge is 2.32. The van der Waals surface area contributed by atoms with Crippen LogP contribution in [0.4, 0.5) is 0 Å². The van der Waals surface area contributed by atoms with Gasteiger partial charge < -0.3 is 19.2 Å². The molecule has 2 atom stereocenters. The fourth-order valence-electron chi connectivity index (χ4n) is 4.85. The van der Waals surface area contributed by atoms with Crippen LogP contribution in [0, 0.1) is 0 Å². The first-order valence-electron chi connectivity index (χ1n) is 12.7. The van der Waals surface area contributed by atoms with Gasteiger partial charge in [0.1, 0.15) is 0 Å². The second-order valence-corrected chi connectivity index (χ2v) is 10.0. The lowest BCUT2D eigenvalue weighted by Gasteiger charge is -2.34. The van der Waals surface area contributed by atoms with Gasteiger partial charge in [0.15, 0.2) is 17.3 Å². The molecule has 3 aromatic rings. The fourth-order valence-corrected chi connectivity index (χ4v) is 4.85. The highest BCUT2D eigenvalue weighted by molar-refractivity contribution is 5.83. The van der Waals surface area contributed by atoms with Crippen molar-refractivity contribution in [3.8, 4) is 11.5 Å². The maximum Gasteiger partial charge on any atom is 0.252 e. The Balaban J connectivity index is 1.74. The Labute approximate surface area is 211 Å². The van der Waals surface area contributed by atoms with E-state index in [-0.39, 0.29) is 23.2 Å². The zero-order valence-electron chi connectivity index (χ0n) is 22.2. The number of nitrogens with one attached hydrogen (secondary N) is 1. The number of rotatable bonds is 11. The van der Waals surface area contributed by atoms with Crippen LogP contribution in [0.15, 0.2) is 23.0 Å². The van der Waals surface area contributed by atoms with Gasteiger partial charge >= 0.3 is 0 Å². The first-order chi connectivity index (χ1) is 17.3. The molecule has 0 aliphatic carbocycles. The molecule has 2 aromatic heterocycles. The number of methoxy groups -OCH3 is 2. The number of benzene rings is 1. The van der Waals surface area contributed by atoms with Gasteiger partial charge in [-0.1, -0.05) is 13.8 Å². The van der Waals surface area contributed by atoms with E-state index in [4.69, 9.17) is 14.2 Å². The van der Waals surface area contributed by atoms with E-state index in [1.165, 1.54) is 0 Å². The maximum atomic E-state index is 13.2. The molecule has 0 saturated carbocycles. The predicted octanol–water partition coefficient (Wildman–Crippen LogP) is 3.81. The van der Waals surface area contributed by atoms with Crippen LogP contribution >= 0.6 is 0 Å². The van der Waals surface area contributed by atoms with Gasteiger partial charge in [-0.25, -0.2) is 4.68 Å². The SMILES string of the molecule is CC[C@H](c1nnnn1C(C)(C)CC)N(Cc1cc2cc(OC)c(OC)cc2[nH]c1=O)C[C@H]1CCCO1. The molecule has 1 saturated heterocycles. The summed E-state index contributed by atoms with van der Waals surface area (Å²) in [7, 11) is 3.19. The number of nitrogens with zero attached hydrogens (tertiary/aromatic N) is 5. The maximum absolute atomic E-state index is 13.2. The normalized spacial score (nSPS) is 17.1. The summed E-state index contributed by atoms with van der Waals surface area (Å²) >= 11 is 0. The van der Waals surface area contributed by atoms with E-state index in [0.717, 1.165) is 43.5 Å². The topological polar surface area (TPSA) is 107 Å². The molecule has 1 N–H and O–H groups in total. The second kappa shape index (κ2) is 11.0. The van der Waals surface area contributed by atoms with Crippen molar-refractivity contribution in [2.45, 2.75) is 77.6 Å². The summed E-state index contributed by atoms with van der Waals surface area (Å²) in [6, 6.07) is 5.54. The van der Waals surface area contributed by atoms with Gasteiger partial charge in [-0.05, 0) is 62.1 Å². The van der Waals surface area contributed by atoms with Crippen molar-refractivity contribution in [1.29, 1.82) is 0 Å². The molecule has 0 bridgehead atoms. The van der Waals surface area contributed by atoms with Crippen molar-refractivity contribution >= 4 is 10.9 Å². The van der Waals surface area contributed by atoms with E-state index in [9.17, 15) is 4.79 Å². The lowest BCUT2D eigenvalue weighted by atomic mass is 10.0. The third-order valence-corrected chi connectivity index (χ3v) is 7.32. The second-order valence-electron chi connectivity index (χ2n) is 10.0. The van der Waals surface area contributed by atoms with Crippen molar-refractivity contribution in [3.63, 3.8) is 0 Å². The van der Waals surface area contributed by atoms with Crippen LogP contribution in [0.2, 0.25) is 0 Å². The smallest absolute Gasteiger partial charge is 0.252 e. The summed E-state index contributed by atoms with van der Waals surface area (Å²) in [5.41, 5.74) is 1.01. The van der Waals surface area contributed by atoms with Crippen molar-refractivity contribution in [2.24, 2.45) is 0 Å². The summed E-state index contributed by atoms with van der Waals surface area (Å²) in [6.45, 7) is 10.5. The molecule has 0 radical (unpaired) electrons. The quantitative estimate of drug-likeness (QED) is 0.425. The molecule has 36 heavy (non-hydrogen) atoms. The monoisotopic (exact) mass is 498 g/mol. The summed E-state index contributed by atoms with van der Waals surface area (Å²) in [5.74, 6) is 2.00. The molecule has 1 aliphatic heterocycles. The molecule has 196 valence electrons. The molecule has 0 unspecified atom stereocenters.